The highest BCUT2D eigenvalue weighted by Crippen LogP contribution is 2.27. The van der Waals surface area contributed by atoms with Gasteiger partial charge in [0.1, 0.15) is 6.54 Å². The molecule has 0 saturated heterocycles. The minimum Gasteiger partial charge on any atom is -0.481 e. The largest absolute Gasteiger partial charge is 0.481 e. The highest BCUT2D eigenvalue weighted by Gasteiger charge is 2.33. The van der Waals surface area contributed by atoms with Crippen molar-refractivity contribution in [2.75, 3.05) is 6.54 Å². The summed E-state index contributed by atoms with van der Waals surface area (Å²) in [5.41, 5.74) is -1.06. The normalized spacial score (nSPS) is 13.0. The molecule has 0 fully saturated rings. The molecule has 0 spiro atoms. The Bertz CT molecular complexity index is 499. The van der Waals surface area contributed by atoms with Crippen molar-refractivity contribution in [2.45, 2.75) is 32.5 Å². The molecular formula is C12H16F3N3O3. The summed E-state index contributed by atoms with van der Waals surface area (Å²) in [7, 11) is 0. The van der Waals surface area contributed by atoms with Gasteiger partial charge in [-0.05, 0) is 12.0 Å². The molecule has 9 heteroatoms. The highest BCUT2D eigenvalue weighted by atomic mass is 19.4. The molecule has 2 N–H and O–H groups in total. The fourth-order valence-electron chi connectivity index (χ4n) is 1.67. The fourth-order valence-corrected chi connectivity index (χ4v) is 1.67. The van der Waals surface area contributed by atoms with Crippen LogP contribution in [0.3, 0.4) is 0 Å². The van der Waals surface area contributed by atoms with Gasteiger partial charge in [0.25, 0.3) is 0 Å². The van der Waals surface area contributed by atoms with Crippen molar-refractivity contribution in [2.24, 2.45) is 5.92 Å². The number of hydrogen-bond acceptors (Lipinski definition) is 3. The molecule has 1 atom stereocenters. The van der Waals surface area contributed by atoms with E-state index in [1.807, 2.05) is 0 Å². The average molecular weight is 307 g/mol. The van der Waals surface area contributed by atoms with E-state index in [4.69, 9.17) is 5.11 Å². The number of aliphatic carboxylic acids is 1. The first-order valence-electron chi connectivity index (χ1n) is 6.31. The zero-order chi connectivity index (χ0) is 16.0. The molecule has 6 nitrogen and oxygen atoms in total. The zero-order valence-corrected chi connectivity index (χ0v) is 11.4. The third-order valence-electron chi connectivity index (χ3n) is 2.87. The lowest BCUT2D eigenvalue weighted by Crippen LogP contribution is -2.33. The third kappa shape index (κ3) is 5.84. The van der Waals surface area contributed by atoms with E-state index in [1.165, 1.54) is 0 Å². The molecule has 118 valence electrons. The van der Waals surface area contributed by atoms with Crippen molar-refractivity contribution < 1.29 is 27.9 Å². The summed E-state index contributed by atoms with van der Waals surface area (Å²) in [6.45, 7) is 1.61. The van der Waals surface area contributed by atoms with Crippen LogP contribution in [0.15, 0.2) is 12.3 Å². The first kappa shape index (κ1) is 17.0. The zero-order valence-electron chi connectivity index (χ0n) is 11.4. The predicted molar refractivity (Wildman–Crippen MR) is 66.3 cm³/mol. The van der Waals surface area contributed by atoms with Crippen molar-refractivity contribution >= 4 is 11.9 Å². The Balaban J connectivity index is 2.47. The molecule has 0 aliphatic heterocycles. The Morgan fingerprint density at radius 3 is 2.62 bits per heavy atom. The molecular weight excluding hydrogens is 291 g/mol. The van der Waals surface area contributed by atoms with Gasteiger partial charge in [-0.3, -0.25) is 14.3 Å². The monoisotopic (exact) mass is 307 g/mol. The molecule has 1 unspecified atom stereocenters. The number of amides is 1. The summed E-state index contributed by atoms with van der Waals surface area (Å²) in [5.74, 6) is -1.69. The molecule has 0 aromatic carbocycles. The Labute approximate surface area is 118 Å². The number of nitrogens with one attached hydrogen (secondary N) is 1. The van der Waals surface area contributed by atoms with E-state index in [-0.39, 0.29) is 25.4 Å². The van der Waals surface area contributed by atoms with Gasteiger partial charge in [-0.15, -0.1) is 0 Å². The molecule has 0 aliphatic carbocycles. The number of carbonyl (C=O) groups excluding carboxylic acids is 1. The second kappa shape index (κ2) is 7.09. The van der Waals surface area contributed by atoms with E-state index in [0.29, 0.717) is 6.42 Å². The highest BCUT2D eigenvalue weighted by molar-refractivity contribution is 5.75. The van der Waals surface area contributed by atoms with Crippen LogP contribution in [-0.2, 0) is 22.3 Å². The van der Waals surface area contributed by atoms with Crippen LogP contribution in [0.2, 0.25) is 0 Å². The van der Waals surface area contributed by atoms with Crippen LogP contribution in [-0.4, -0.2) is 33.3 Å². The summed E-state index contributed by atoms with van der Waals surface area (Å²) in [6, 6.07) is 0.784. The van der Waals surface area contributed by atoms with Crippen LogP contribution < -0.4 is 5.32 Å². The van der Waals surface area contributed by atoms with Gasteiger partial charge in [0.15, 0.2) is 5.69 Å². The molecule has 1 heterocycles. The molecule has 0 bridgehead atoms. The Kier molecular flexibility index (Phi) is 5.74. The first-order chi connectivity index (χ1) is 9.72. The number of carbonyl (C=O) groups is 2. The molecule has 0 radical (unpaired) electrons. The number of alkyl halides is 3. The number of carboxylic acids is 1. The molecule has 1 aromatic rings. The van der Waals surface area contributed by atoms with E-state index in [1.54, 1.807) is 6.92 Å². The van der Waals surface area contributed by atoms with Crippen LogP contribution in [0.5, 0.6) is 0 Å². The maximum atomic E-state index is 12.3. The smallest absolute Gasteiger partial charge is 0.435 e. The maximum absolute atomic E-state index is 12.3. The SMILES string of the molecule is CCC(CNC(=O)Cn1ccc(C(F)(F)F)n1)CC(=O)O. The number of nitrogens with zero attached hydrogens (tertiary/aromatic N) is 2. The lowest BCUT2D eigenvalue weighted by molar-refractivity contribution is -0.141. The van der Waals surface area contributed by atoms with Gasteiger partial charge in [0, 0.05) is 19.2 Å². The minimum atomic E-state index is -4.55. The van der Waals surface area contributed by atoms with Crippen molar-refractivity contribution in [3.8, 4) is 0 Å². The van der Waals surface area contributed by atoms with Crippen LogP contribution in [0.4, 0.5) is 13.2 Å². The summed E-state index contributed by atoms with van der Waals surface area (Å²) < 4.78 is 37.9. The van der Waals surface area contributed by atoms with Gasteiger partial charge in [-0.1, -0.05) is 13.3 Å². The topological polar surface area (TPSA) is 84.2 Å². The predicted octanol–water partition coefficient (Wildman–Crippen LogP) is 1.52. The van der Waals surface area contributed by atoms with Gasteiger partial charge in [0.05, 0.1) is 0 Å². The third-order valence-corrected chi connectivity index (χ3v) is 2.87. The van der Waals surface area contributed by atoms with Crippen LogP contribution in [0, 0.1) is 5.92 Å². The first-order valence-corrected chi connectivity index (χ1v) is 6.31. The summed E-state index contributed by atoms with van der Waals surface area (Å²) in [4.78, 5) is 22.1. The van der Waals surface area contributed by atoms with Crippen LogP contribution in [0.1, 0.15) is 25.5 Å². The van der Waals surface area contributed by atoms with Crippen molar-refractivity contribution in [3.05, 3.63) is 18.0 Å². The number of carboxylic acid groups (broad SMARTS) is 1. The Hall–Kier alpha value is -2.06. The van der Waals surface area contributed by atoms with E-state index in [9.17, 15) is 22.8 Å². The van der Waals surface area contributed by atoms with E-state index in [0.717, 1.165) is 16.9 Å². The summed E-state index contributed by atoms with van der Waals surface area (Å²) in [6.07, 6.45) is -2.98. The van der Waals surface area contributed by atoms with Crippen LogP contribution in [0.25, 0.3) is 0 Å². The number of hydrogen-bond donors (Lipinski definition) is 2. The minimum absolute atomic E-state index is 0.0726. The standard InChI is InChI=1S/C12H16F3N3O3/c1-2-8(5-11(20)21)6-16-10(19)7-18-4-3-9(17-18)12(13,14)15/h3-4,8H,2,5-7H2,1H3,(H,16,19)(H,20,21). The van der Waals surface area contributed by atoms with Gasteiger partial charge >= 0.3 is 12.1 Å². The number of aromatic nitrogens is 2. The number of rotatable bonds is 7. The lowest BCUT2D eigenvalue weighted by Gasteiger charge is -2.13. The van der Waals surface area contributed by atoms with E-state index >= 15 is 0 Å². The van der Waals surface area contributed by atoms with Crippen molar-refractivity contribution in [3.63, 3.8) is 0 Å². The molecule has 0 saturated carbocycles. The second-order valence-electron chi connectivity index (χ2n) is 4.57. The van der Waals surface area contributed by atoms with Gasteiger partial charge in [-0.25, -0.2) is 0 Å². The maximum Gasteiger partial charge on any atom is 0.435 e. The van der Waals surface area contributed by atoms with Gasteiger partial charge < -0.3 is 10.4 Å². The van der Waals surface area contributed by atoms with Gasteiger partial charge in [0.2, 0.25) is 5.91 Å². The Morgan fingerprint density at radius 2 is 2.14 bits per heavy atom. The fraction of sp³-hybridized carbons (Fsp3) is 0.583. The summed E-state index contributed by atoms with van der Waals surface area (Å²) >= 11 is 0. The van der Waals surface area contributed by atoms with Crippen molar-refractivity contribution in [1.82, 2.24) is 15.1 Å². The molecule has 0 aliphatic rings. The lowest BCUT2D eigenvalue weighted by atomic mass is 10.0. The molecule has 21 heavy (non-hydrogen) atoms. The second-order valence-corrected chi connectivity index (χ2v) is 4.57. The van der Waals surface area contributed by atoms with Crippen molar-refractivity contribution in [1.29, 1.82) is 0 Å². The molecule has 1 rings (SSSR count). The summed E-state index contributed by atoms with van der Waals surface area (Å²) in [5, 5.41) is 14.4. The average Bonchev–Trinajstić information content (AvgIpc) is 2.82. The van der Waals surface area contributed by atoms with Crippen LogP contribution >= 0.6 is 0 Å². The quantitative estimate of drug-likeness (QED) is 0.800. The van der Waals surface area contributed by atoms with E-state index in [2.05, 4.69) is 10.4 Å². The van der Waals surface area contributed by atoms with Gasteiger partial charge in [-0.2, -0.15) is 18.3 Å². The number of halogens is 3. The molecule has 1 amide bonds. The molecule has 1 aromatic heterocycles. The Morgan fingerprint density at radius 1 is 1.48 bits per heavy atom. The van der Waals surface area contributed by atoms with E-state index < -0.39 is 23.7 Å².